The molecule has 1 aromatic heterocycles. The SMILES string of the molecule is COC(=O)Cn1ccc(NC(=O)N[C@@H](C)c2ccccc2SC)n1. The third kappa shape index (κ3) is 4.76. The molecular formula is C16H20N4O3S. The summed E-state index contributed by atoms with van der Waals surface area (Å²) in [6, 6.07) is 9.03. The molecule has 2 N–H and O–H groups in total. The van der Waals surface area contributed by atoms with Gasteiger partial charge in [0.25, 0.3) is 0 Å². The van der Waals surface area contributed by atoms with Crippen LogP contribution in [0.3, 0.4) is 0 Å². The molecule has 2 amide bonds. The number of ether oxygens (including phenoxy) is 1. The van der Waals surface area contributed by atoms with Crippen LogP contribution in [0.25, 0.3) is 0 Å². The lowest BCUT2D eigenvalue weighted by Gasteiger charge is -2.17. The Labute approximate surface area is 144 Å². The zero-order valence-electron chi connectivity index (χ0n) is 13.8. The molecule has 2 rings (SSSR count). The Balaban J connectivity index is 1.94. The highest BCUT2D eigenvalue weighted by Crippen LogP contribution is 2.25. The average molecular weight is 348 g/mol. The molecule has 0 aliphatic rings. The van der Waals surface area contributed by atoms with E-state index in [1.165, 1.54) is 11.8 Å². The second-order valence-electron chi connectivity index (χ2n) is 5.04. The van der Waals surface area contributed by atoms with E-state index in [9.17, 15) is 9.59 Å². The second kappa shape index (κ2) is 8.39. The second-order valence-corrected chi connectivity index (χ2v) is 5.88. The highest BCUT2D eigenvalue weighted by molar-refractivity contribution is 7.98. The van der Waals surface area contributed by atoms with Gasteiger partial charge in [0.05, 0.1) is 13.2 Å². The summed E-state index contributed by atoms with van der Waals surface area (Å²) in [5, 5.41) is 9.62. The maximum absolute atomic E-state index is 12.1. The summed E-state index contributed by atoms with van der Waals surface area (Å²) in [6.07, 6.45) is 3.60. The van der Waals surface area contributed by atoms with Crippen molar-refractivity contribution >= 4 is 29.6 Å². The lowest BCUT2D eigenvalue weighted by Crippen LogP contribution is -2.31. The number of nitrogens with zero attached hydrogens (tertiary/aromatic N) is 2. The molecule has 2 aromatic rings. The molecular weight excluding hydrogens is 328 g/mol. The predicted molar refractivity (Wildman–Crippen MR) is 93.0 cm³/mol. The highest BCUT2D eigenvalue weighted by atomic mass is 32.2. The molecule has 0 unspecified atom stereocenters. The van der Waals surface area contributed by atoms with Gasteiger partial charge in [-0.25, -0.2) is 4.79 Å². The van der Waals surface area contributed by atoms with E-state index in [4.69, 9.17) is 0 Å². The Kier molecular flexibility index (Phi) is 6.25. The average Bonchev–Trinajstić information content (AvgIpc) is 3.01. The Morgan fingerprint density at radius 2 is 2.08 bits per heavy atom. The van der Waals surface area contributed by atoms with Crippen molar-refractivity contribution in [2.24, 2.45) is 0 Å². The van der Waals surface area contributed by atoms with Gasteiger partial charge in [-0.3, -0.25) is 14.8 Å². The number of thioether (sulfide) groups is 1. The Morgan fingerprint density at radius 3 is 2.79 bits per heavy atom. The minimum absolute atomic E-state index is 0.00268. The van der Waals surface area contributed by atoms with Crippen LogP contribution in [0.15, 0.2) is 41.4 Å². The number of aromatic nitrogens is 2. The van der Waals surface area contributed by atoms with E-state index < -0.39 is 5.97 Å². The van der Waals surface area contributed by atoms with E-state index in [1.54, 1.807) is 24.0 Å². The van der Waals surface area contributed by atoms with Crippen molar-refractivity contribution in [1.82, 2.24) is 15.1 Å². The third-order valence-electron chi connectivity index (χ3n) is 3.35. The molecule has 1 heterocycles. The van der Waals surface area contributed by atoms with Crippen LogP contribution in [0.4, 0.5) is 10.6 Å². The van der Waals surface area contributed by atoms with E-state index in [0.717, 1.165) is 10.5 Å². The molecule has 128 valence electrons. The molecule has 8 heteroatoms. The van der Waals surface area contributed by atoms with Gasteiger partial charge in [0, 0.05) is 17.2 Å². The number of hydrogen-bond acceptors (Lipinski definition) is 5. The molecule has 0 radical (unpaired) electrons. The first-order chi connectivity index (χ1) is 11.5. The van der Waals surface area contributed by atoms with Gasteiger partial charge >= 0.3 is 12.0 Å². The number of carbonyl (C=O) groups is 2. The van der Waals surface area contributed by atoms with Crippen LogP contribution >= 0.6 is 11.8 Å². The molecule has 0 bridgehead atoms. The number of esters is 1. The summed E-state index contributed by atoms with van der Waals surface area (Å²) >= 11 is 1.63. The van der Waals surface area contributed by atoms with Gasteiger partial charge in [-0.2, -0.15) is 5.10 Å². The highest BCUT2D eigenvalue weighted by Gasteiger charge is 2.13. The predicted octanol–water partition coefficient (Wildman–Crippen LogP) is 2.66. The van der Waals surface area contributed by atoms with Gasteiger partial charge in [0.2, 0.25) is 0 Å². The van der Waals surface area contributed by atoms with Gasteiger partial charge in [0.15, 0.2) is 5.82 Å². The van der Waals surface area contributed by atoms with Crippen LogP contribution in [-0.4, -0.2) is 35.1 Å². The van der Waals surface area contributed by atoms with Crippen LogP contribution in [0.2, 0.25) is 0 Å². The maximum Gasteiger partial charge on any atom is 0.327 e. The molecule has 0 aliphatic carbocycles. The molecule has 0 fully saturated rings. The number of hydrogen-bond donors (Lipinski definition) is 2. The van der Waals surface area contributed by atoms with Crippen molar-refractivity contribution in [3.05, 3.63) is 42.1 Å². The first kappa shape index (κ1) is 17.9. The number of benzene rings is 1. The number of urea groups is 1. The summed E-state index contributed by atoms with van der Waals surface area (Å²) in [7, 11) is 1.31. The number of amides is 2. The lowest BCUT2D eigenvalue weighted by molar-refractivity contribution is -0.141. The summed E-state index contributed by atoms with van der Waals surface area (Å²) in [5.41, 5.74) is 1.05. The lowest BCUT2D eigenvalue weighted by atomic mass is 10.1. The fraction of sp³-hybridized carbons (Fsp3) is 0.312. The van der Waals surface area contributed by atoms with Crippen molar-refractivity contribution in [1.29, 1.82) is 0 Å². The van der Waals surface area contributed by atoms with Crippen molar-refractivity contribution < 1.29 is 14.3 Å². The Morgan fingerprint density at radius 1 is 1.33 bits per heavy atom. The number of rotatable bonds is 6. The van der Waals surface area contributed by atoms with E-state index >= 15 is 0 Å². The largest absolute Gasteiger partial charge is 0.468 e. The fourth-order valence-corrected chi connectivity index (χ4v) is 2.86. The quantitative estimate of drug-likeness (QED) is 0.619. The van der Waals surface area contributed by atoms with Gasteiger partial charge < -0.3 is 10.1 Å². The van der Waals surface area contributed by atoms with Crippen molar-refractivity contribution in [3.8, 4) is 0 Å². The normalized spacial score (nSPS) is 11.6. The van der Waals surface area contributed by atoms with Crippen LogP contribution in [0, 0.1) is 0 Å². The van der Waals surface area contributed by atoms with Crippen LogP contribution in [-0.2, 0) is 16.1 Å². The third-order valence-corrected chi connectivity index (χ3v) is 4.17. The standard InChI is InChI=1S/C16H20N4O3S/c1-11(12-6-4-5-7-13(12)24-3)17-16(22)18-14-8-9-20(19-14)10-15(21)23-2/h4-9,11H,10H2,1-3H3,(H2,17,18,19,22)/t11-/m0/s1. The zero-order chi connectivity index (χ0) is 17.5. The molecule has 1 aromatic carbocycles. The minimum atomic E-state index is -0.406. The number of carbonyl (C=O) groups excluding carboxylic acids is 2. The molecule has 0 aliphatic heterocycles. The maximum atomic E-state index is 12.1. The summed E-state index contributed by atoms with van der Waals surface area (Å²) < 4.78 is 5.96. The van der Waals surface area contributed by atoms with Crippen molar-refractivity contribution in [3.63, 3.8) is 0 Å². The first-order valence-corrected chi connectivity index (χ1v) is 8.56. The molecule has 1 atom stereocenters. The van der Waals surface area contributed by atoms with Gasteiger partial charge in [-0.05, 0) is 24.8 Å². The first-order valence-electron chi connectivity index (χ1n) is 7.34. The summed E-state index contributed by atoms with van der Waals surface area (Å²) in [4.78, 5) is 24.4. The smallest absolute Gasteiger partial charge is 0.327 e. The summed E-state index contributed by atoms with van der Waals surface area (Å²) in [5.74, 6) is -0.0434. The topological polar surface area (TPSA) is 85.2 Å². The van der Waals surface area contributed by atoms with E-state index in [-0.39, 0.29) is 18.6 Å². The van der Waals surface area contributed by atoms with Crippen LogP contribution in [0.1, 0.15) is 18.5 Å². The number of anilines is 1. The Bertz CT molecular complexity index is 717. The molecule has 7 nitrogen and oxygen atoms in total. The Hall–Kier alpha value is -2.48. The number of nitrogens with one attached hydrogen (secondary N) is 2. The van der Waals surface area contributed by atoms with E-state index in [0.29, 0.717) is 5.82 Å². The van der Waals surface area contributed by atoms with E-state index in [1.807, 2.05) is 37.4 Å². The van der Waals surface area contributed by atoms with Crippen molar-refractivity contribution in [2.45, 2.75) is 24.4 Å². The summed E-state index contributed by atoms with van der Waals surface area (Å²) in [6.45, 7) is 1.92. The molecule has 0 spiro atoms. The number of methoxy groups -OCH3 is 1. The fourth-order valence-electron chi connectivity index (χ4n) is 2.16. The van der Waals surface area contributed by atoms with E-state index in [2.05, 4.69) is 20.5 Å². The van der Waals surface area contributed by atoms with Crippen molar-refractivity contribution in [2.75, 3.05) is 18.7 Å². The minimum Gasteiger partial charge on any atom is -0.468 e. The van der Waals surface area contributed by atoms with Gasteiger partial charge in [-0.1, -0.05) is 18.2 Å². The van der Waals surface area contributed by atoms with Crippen LogP contribution in [0.5, 0.6) is 0 Å². The van der Waals surface area contributed by atoms with Gasteiger partial charge in [-0.15, -0.1) is 11.8 Å². The zero-order valence-corrected chi connectivity index (χ0v) is 14.6. The molecule has 24 heavy (non-hydrogen) atoms. The monoisotopic (exact) mass is 348 g/mol. The molecule has 0 saturated carbocycles. The van der Waals surface area contributed by atoms with Crippen LogP contribution < -0.4 is 10.6 Å². The molecule has 0 saturated heterocycles. The van der Waals surface area contributed by atoms with Gasteiger partial charge in [0.1, 0.15) is 6.54 Å².